The third-order valence-corrected chi connectivity index (χ3v) is 4.05. The molecule has 1 aromatic carbocycles. The first kappa shape index (κ1) is 14.9. The second-order valence-corrected chi connectivity index (χ2v) is 5.77. The number of carbonyl (C=O) groups excluding carboxylic acids is 2. The Balaban J connectivity index is 1.79. The summed E-state index contributed by atoms with van der Waals surface area (Å²) in [7, 11) is 0. The summed E-state index contributed by atoms with van der Waals surface area (Å²) in [5, 5.41) is 14.2. The molecule has 5 nitrogen and oxygen atoms in total. The Morgan fingerprint density at radius 1 is 1.40 bits per heavy atom. The van der Waals surface area contributed by atoms with Gasteiger partial charge in [0, 0.05) is 30.2 Å². The van der Waals surface area contributed by atoms with Crippen molar-refractivity contribution in [1.29, 1.82) is 0 Å². The molecular weight excluding hydrogens is 276 g/mol. The predicted octanol–water partition coefficient (Wildman–Crippen LogP) is 1.03. The van der Waals surface area contributed by atoms with Crippen LogP contribution < -0.4 is 10.6 Å². The zero-order valence-corrected chi connectivity index (χ0v) is 12.0. The Labute approximate surface area is 122 Å². The van der Waals surface area contributed by atoms with Crippen LogP contribution in [0.4, 0.5) is 5.69 Å². The lowest BCUT2D eigenvalue weighted by Gasteiger charge is -2.06. The van der Waals surface area contributed by atoms with Crippen LogP contribution in [-0.4, -0.2) is 41.6 Å². The zero-order valence-electron chi connectivity index (χ0n) is 11.1. The first-order valence-corrected chi connectivity index (χ1v) is 7.76. The molecule has 20 heavy (non-hydrogen) atoms. The van der Waals surface area contributed by atoms with Crippen LogP contribution in [0.15, 0.2) is 18.2 Å². The third-order valence-electron chi connectivity index (χ3n) is 2.98. The summed E-state index contributed by atoms with van der Waals surface area (Å²) in [5.41, 5.74) is 2.23. The fraction of sp³-hybridized carbons (Fsp3) is 0.429. The number of nitrogens with one attached hydrogen (secondary N) is 2. The molecule has 2 amide bonds. The first-order valence-electron chi connectivity index (χ1n) is 6.60. The van der Waals surface area contributed by atoms with E-state index in [1.165, 1.54) is 0 Å². The Morgan fingerprint density at radius 3 is 3.05 bits per heavy atom. The number of aliphatic hydroxyl groups excluding tert-OH is 1. The Morgan fingerprint density at radius 2 is 2.25 bits per heavy atom. The smallest absolute Gasteiger partial charge is 0.251 e. The van der Waals surface area contributed by atoms with Crippen LogP contribution in [-0.2, 0) is 11.2 Å². The number of fused-ring (bicyclic) bond motifs is 1. The summed E-state index contributed by atoms with van der Waals surface area (Å²) in [4.78, 5) is 23.2. The molecule has 1 aliphatic rings. The van der Waals surface area contributed by atoms with Crippen LogP contribution >= 0.6 is 11.8 Å². The van der Waals surface area contributed by atoms with E-state index >= 15 is 0 Å². The van der Waals surface area contributed by atoms with Gasteiger partial charge in [-0.2, -0.15) is 11.8 Å². The quantitative estimate of drug-likeness (QED) is 0.656. The highest BCUT2D eigenvalue weighted by atomic mass is 32.2. The maximum absolute atomic E-state index is 11.9. The van der Waals surface area contributed by atoms with Crippen molar-refractivity contribution in [1.82, 2.24) is 5.32 Å². The van der Waals surface area contributed by atoms with Gasteiger partial charge in [-0.15, -0.1) is 0 Å². The van der Waals surface area contributed by atoms with Crippen LogP contribution in [0.3, 0.4) is 0 Å². The van der Waals surface area contributed by atoms with Gasteiger partial charge in [0.2, 0.25) is 5.91 Å². The van der Waals surface area contributed by atoms with Gasteiger partial charge in [0.1, 0.15) is 0 Å². The Hall–Kier alpha value is -1.53. The average molecular weight is 294 g/mol. The fourth-order valence-corrected chi connectivity index (χ4v) is 2.75. The van der Waals surface area contributed by atoms with E-state index in [9.17, 15) is 9.59 Å². The molecule has 0 saturated heterocycles. The third kappa shape index (κ3) is 3.98. The van der Waals surface area contributed by atoms with Gasteiger partial charge in [0.25, 0.3) is 5.91 Å². The van der Waals surface area contributed by atoms with Crippen molar-refractivity contribution < 1.29 is 14.7 Å². The maximum atomic E-state index is 11.9. The molecule has 6 heteroatoms. The van der Waals surface area contributed by atoms with Gasteiger partial charge >= 0.3 is 0 Å². The van der Waals surface area contributed by atoms with E-state index < -0.39 is 0 Å². The monoisotopic (exact) mass is 294 g/mol. The van der Waals surface area contributed by atoms with Crippen molar-refractivity contribution in [3.63, 3.8) is 0 Å². The summed E-state index contributed by atoms with van der Waals surface area (Å²) in [6, 6.07) is 5.28. The van der Waals surface area contributed by atoms with Crippen molar-refractivity contribution in [3.05, 3.63) is 29.3 Å². The summed E-state index contributed by atoms with van der Waals surface area (Å²) >= 11 is 1.70. The second-order valence-electron chi connectivity index (χ2n) is 4.54. The number of aliphatic hydroxyl groups is 1. The Bertz CT molecular complexity index is 505. The summed E-state index contributed by atoms with van der Waals surface area (Å²) < 4.78 is 0. The lowest BCUT2D eigenvalue weighted by molar-refractivity contribution is -0.115. The van der Waals surface area contributed by atoms with E-state index in [1.54, 1.807) is 23.9 Å². The largest absolute Gasteiger partial charge is 0.396 e. The molecule has 0 aromatic heterocycles. The number of benzene rings is 1. The van der Waals surface area contributed by atoms with Gasteiger partial charge < -0.3 is 15.7 Å². The lowest BCUT2D eigenvalue weighted by atomic mass is 10.1. The number of hydrogen-bond acceptors (Lipinski definition) is 4. The summed E-state index contributed by atoms with van der Waals surface area (Å²) in [6.45, 7) is 0.804. The number of carbonyl (C=O) groups is 2. The van der Waals surface area contributed by atoms with E-state index in [0.717, 1.165) is 29.2 Å². The Kier molecular flexibility index (Phi) is 5.43. The highest BCUT2D eigenvalue weighted by Crippen LogP contribution is 2.23. The molecule has 0 spiro atoms. The molecular formula is C14H18N2O3S. The van der Waals surface area contributed by atoms with E-state index in [1.807, 2.05) is 6.07 Å². The molecule has 0 atom stereocenters. The molecule has 2 rings (SSSR count). The number of amides is 2. The highest BCUT2D eigenvalue weighted by molar-refractivity contribution is 7.99. The van der Waals surface area contributed by atoms with E-state index in [2.05, 4.69) is 10.6 Å². The molecule has 0 bridgehead atoms. The van der Waals surface area contributed by atoms with Crippen LogP contribution in [0.1, 0.15) is 22.3 Å². The van der Waals surface area contributed by atoms with Crippen molar-refractivity contribution in [2.45, 2.75) is 12.8 Å². The molecule has 1 heterocycles. The SMILES string of the molecule is O=C1Cc2ccc(C(=O)NCCSCCCO)cc2N1. The molecule has 3 N–H and O–H groups in total. The number of anilines is 1. The molecule has 108 valence electrons. The molecule has 0 fully saturated rings. The minimum absolute atomic E-state index is 0.0298. The van der Waals surface area contributed by atoms with Crippen LogP contribution in [0, 0.1) is 0 Å². The van der Waals surface area contributed by atoms with Crippen LogP contribution in [0.2, 0.25) is 0 Å². The fourth-order valence-electron chi connectivity index (χ4n) is 1.96. The predicted molar refractivity (Wildman–Crippen MR) is 80.1 cm³/mol. The van der Waals surface area contributed by atoms with Gasteiger partial charge in [0.15, 0.2) is 0 Å². The number of thioether (sulfide) groups is 1. The highest BCUT2D eigenvalue weighted by Gasteiger charge is 2.18. The van der Waals surface area contributed by atoms with Crippen molar-refractivity contribution >= 4 is 29.3 Å². The first-order chi connectivity index (χ1) is 9.70. The lowest BCUT2D eigenvalue weighted by Crippen LogP contribution is -2.25. The molecule has 0 radical (unpaired) electrons. The van der Waals surface area contributed by atoms with Crippen molar-refractivity contribution in [2.24, 2.45) is 0 Å². The van der Waals surface area contributed by atoms with Gasteiger partial charge in [-0.05, 0) is 29.9 Å². The summed E-state index contributed by atoms with van der Waals surface area (Å²) in [5.74, 6) is 1.57. The topological polar surface area (TPSA) is 78.4 Å². The van der Waals surface area contributed by atoms with Crippen LogP contribution in [0.25, 0.3) is 0 Å². The molecule has 1 aliphatic heterocycles. The molecule has 0 aliphatic carbocycles. The zero-order chi connectivity index (χ0) is 14.4. The molecule has 0 unspecified atom stereocenters. The van der Waals surface area contributed by atoms with Gasteiger partial charge in [0.05, 0.1) is 6.42 Å². The van der Waals surface area contributed by atoms with Crippen LogP contribution in [0.5, 0.6) is 0 Å². The van der Waals surface area contributed by atoms with Crippen molar-refractivity contribution in [2.75, 3.05) is 30.0 Å². The summed E-state index contributed by atoms with van der Waals surface area (Å²) in [6.07, 6.45) is 1.17. The number of hydrogen-bond donors (Lipinski definition) is 3. The van der Waals surface area contributed by atoms with Gasteiger partial charge in [-0.25, -0.2) is 0 Å². The van der Waals surface area contributed by atoms with Gasteiger partial charge in [-0.1, -0.05) is 6.07 Å². The number of rotatable bonds is 7. The second kappa shape index (κ2) is 7.31. The molecule has 1 aromatic rings. The van der Waals surface area contributed by atoms with Crippen molar-refractivity contribution in [3.8, 4) is 0 Å². The van der Waals surface area contributed by atoms with E-state index in [-0.39, 0.29) is 18.4 Å². The van der Waals surface area contributed by atoms with E-state index in [0.29, 0.717) is 18.5 Å². The minimum Gasteiger partial charge on any atom is -0.396 e. The molecule has 0 saturated carbocycles. The normalized spacial score (nSPS) is 12.9. The average Bonchev–Trinajstić information content (AvgIpc) is 2.81. The standard InChI is InChI=1S/C14H18N2O3S/c17-5-1-6-20-7-4-15-14(19)11-3-2-10-9-13(18)16-12(10)8-11/h2-3,8,17H,1,4-7,9H2,(H,15,19)(H,16,18). The van der Waals surface area contributed by atoms with E-state index in [4.69, 9.17) is 5.11 Å². The maximum Gasteiger partial charge on any atom is 0.251 e. The van der Waals surface area contributed by atoms with Gasteiger partial charge in [-0.3, -0.25) is 9.59 Å². The minimum atomic E-state index is -0.128.